The van der Waals surface area contributed by atoms with Crippen LogP contribution in [0.2, 0.25) is 0 Å². The molecular formula is C13H15F3N2O2. The zero-order chi connectivity index (χ0) is 15.0. The molecule has 0 aromatic heterocycles. The van der Waals surface area contributed by atoms with Gasteiger partial charge in [-0.2, -0.15) is 0 Å². The maximum absolute atomic E-state index is 12.2. The molecule has 0 saturated carbocycles. The standard InChI is InChI=1S/C13H15F3N2O2/c1-2-7-17-9-12(19)18-8-10-5-3-4-6-11(10)20-13(14,15)16/h2-6,17H,1,7-9H2,(H,18,19). The highest BCUT2D eigenvalue weighted by Crippen LogP contribution is 2.25. The van der Waals surface area contributed by atoms with Crippen LogP contribution in [0.3, 0.4) is 0 Å². The van der Waals surface area contributed by atoms with Gasteiger partial charge in [0, 0.05) is 18.7 Å². The Morgan fingerprint density at radius 1 is 1.35 bits per heavy atom. The summed E-state index contributed by atoms with van der Waals surface area (Å²) in [6, 6.07) is 5.65. The van der Waals surface area contributed by atoms with E-state index in [1.807, 2.05) is 0 Å². The summed E-state index contributed by atoms with van der Waals surface area (Å²) in [5.74, 6) is -0.645. The van der Waals surface area contributed by atoms with Crippen LogP contribution in [0.15, 0.2) is 36.9 Å². The highest BCUT2D eigenvalue weighted by molar-refractivity contribution is 5.78. The average Bonchev–Trinajstić information content (AvgIpc) is 2.36. The van der Waals surface area contributed by atoms with Crippen LogP contribution in [0, 0.1) is 0 Å². The summed E-state index contributed by atoms with van der Waals surface area (Å²) in [6.07, 6.45) is -3.16. The largest absolute Gasteiger partial charge is 0.573 e. The number of alkyl halides is 3. The zero-order valence-electron chi connectivity index (χ0n) is 10.7. The van der Waals surface area contributed by atoms with Gasteiger partial charge in [-0.05, 0) is 6.07 Å². The predicted octanol–water partition coefficient (Wildman–Crippen LogP) is 1.98. The first-order chi connectivity index (χ1) is 9.42. The van der Waals surface area contributed by atoms with Crippen molar-refractivity contribution in [2.45, 2.75) is 12.9 Å². The van der Waals surface area contributed by atoms with Gasteiger partial charge in [-0.1, -0.05) is 24.3 Å². The van der Waals surface area contributed by atoms with Gasteiger partial charge in [0.2, 0.25) is 5.91 Å². The van der Waals surface area contributed by atoms with E-state index < -0.39 is 6.36 Å². The number of carbonyl (C=O) groups is 1. The van der Waals surface area contributed by atoms with E-state index in [0.29, 0.717) is 6.54 Å². The summed E-state index contributed by atoms with van der Waals surface area (Å²) in [5.41, 5.74) is 0.252. The molecule has 7 heteroatoms. The Morgan fingerprint density at radius 2 is 2.05 bits per heavy atom. The molecule has 0 radical (unpaired) electrons. The highest BCUT2D eigenvalue weighted by atomic mass is 19.4. The fraction of sp³-hybridized carbons (Fsp3) is 0.308. The molecular weight excluding hydrogens is 273 g/mol. The Labute approximate surface area is 114 Å². The lowest BCUT2D eigenvalue weighted by atomic mass is 10.2. The third-order valence-electron chi connectivity index (χ3n) is 2.25. The number of benzene rings is 1. The van der Waals surface area contributed by atoms with E-state index in [1.165, 1.54) is 18.2 Å². The van der Waals surface area contributed by atoms with Crippen LogP contribution in [0.5, 0.6) is 5.75 Å². The van der Waals surface area contributed by atoms with Gasteiger partial charge < -0.3 is 15.4 Å². The second-order valence-corrected chi connectivity index (χ2v) is 3.85. The lowest BCUT2D eigenvalue weighted by Gasteiger charge is -2.13. The fourth-order valence-corrected chi connectivity index (χ4v) is 1.42. The average molecular weight is 288 g/mol. The van der Waals surface area contributed by atoms with Crippen molar-refractivity contribution in [3.05, 3.63) is 42.5 Å². The minimum absolute atomic E-state index is 0.0408. The third-order valence-corrected chi connectivity index (χ3v) is 2.25. The molecule has 1 amide bonds. The van der Waals surface area contributed by atoms with E-state index in [4.69, 9.17) is 0 Å². The van der Waals surface area contributed by atoms with Gasteiger partial charge in [-0.15, -0.1) is 19.8 Å². The number of nitrogens with one attached hydrogen (secondary N) is 2. The maximum Gasteiger partial charge on any atom is 0.573 e. The molecule has 0 saturated heterocycles. The molecule has 0 atom stereocenters. The number of hydrogen-bond donors (Lipinski definition) is 2. The summed E-state index contributed by atoms with van der Waals surface area (Å²) >= 11 is 0. The van der Waals surface area contributed by atoms with Crippen molar-refractivity contribution in [3.8, 4) is 5.75 Å². The second kappa shape index (κ2) is 7.54. The summed E-state index contributed by atoms with van der Waals surface area (Å²) in [5, 5.41) is 5.28. The Hall–Kier alpha value is -2.02. The van der Waals surface area contributed by atoms with Gasteiger partial charge >= 0.3 is 6.36 Å². The minimum atomic E-state index is -4.76. The number of rotatable bonds is 7. The van der Waals surface area contributed by atoms with Crippen molar-refractivity contribution in [1.29, 1.82) is 0 Å². The molecule has 0 spiro atoms. The quantitative estimate of drug-likeness (QED) is 0.596. The fourth-order valence-electron chi connectivity index (χ4n) is 1.42. The summed E-state index contributed by atoms with van der Waals surface area (Å²) in [7, 11) is 0. The lowest BCUT2D eigenvalue weighted by Crippen LogP contribution is -2.33. The number of carbonyl (C=O) groups excluding carboxylic acids is 1. The molecule has 1 aromatic carbocycles. The molecule has 2 N–H and O–H groups in total. The van der Waals surface area contributed by atoms with Gasteiger partial charge in [0.15, 0.2) is 0 Å². The van der Waals surface area contributed by atoms with Crippen LogP contribution in [0.1, 0.15) is 5.56 Å². The molecule has 110 valence electrons. The zero-order valence-corrected chi connectivity index (χ0v) is 10.7. The van der Waals surface area contributed by atoms with Gasteiger partial charge in [0.05, 0.1) is 6.54 Å². The van der Waals surface area contributed by atoms with Gasteiger partial charge in [-0.25, -0.2) is 0 Å². The highest BCUT2D eigenvalue weighted by Gasteiger charge is 2.31. The lowest BCUT2D eigenvalue weighted by molar-refractivity contribution is -0.274. The number of ether oxygens (including phenoxy) is 1. The molecule has 0 aliphatic heterocycles. The summed E-state index contributed by atoms with van der Waals surface area (Å²) in [6.45, 7) is 3.98. The van der Waals surface area contributed by atoms with Gasteiger partial charge in [0.25, 0.3) is 0 Å². The first kappa shape index (κ1) is 16.0. The second-order valence-electron chi connectivity index (χ2n) is 3.85. The SMILES string of the molecule is C=CCNCC(=O)NCc1ccccc1OC(F)(F)F. The smallest absolute Gasteiger partial charge is 0.405 e. The van der Waals surface area contributed by atoms with E-state index in [2.05, 4.69) is 21.9 Å². The van der Waals surface area contributed by atoms with Crippen molar-refractivity contribution < 1.29 is 22.7 Å². The Bertz CT molecular complexity index is 461. The first-order valence-corrected chi connectivity index (χ1v) is 5.84. The molecule has 0 aliphatic rings. The molecule has 1 rings (SSSR count). The molecule has 0 bridgehead atoms. The molecule has 0 unspecified atom stereocenters. The number of hydrogen-bond acceptors (Lipinski definition) is 3. The summed E-state index contributed by atoms with van der Waals surface area (Å²) in [4.78, 5) is 11.4. The van der Waals surface area contributed by atoms with Crippen LogP contribution in [0.4, 0.5) is 13.2 Å². The van der Waals surface area contributed by atoms with E-state index in [0.717, 1.165) is 0 Å². The number of para-hydroxylation sites is 1. The maximum atomic E-state index is 12.2. The van der Waals surface area contributed by atoms with Crippen LogP contribution in [0.25, 0.3) is 0 Å². The topological polar surface area (TPSA) is 50.4 Å². The van der Waals surface area contributed by atoms with E-state index >= 15 is 0 Å². The Kier molecular flexibility index (Phi) is 6.05. The minimum Gasteiger partial charge on any atom is -0.405 e. The molecule has 0 fully saturated rings. The van der Waals surface area contributed by atoms with Crippen LogP contribution in [-0.2, 0) is 11.3 Å². The number of amides is 1. The number of halogens is 3. The van der Waals surface area contributed by atoms with Crippen molar-refractivity contribution in [1.82, 2.24) is 10.6 Å². The van der Waals surface area contributed by atoms with Crippen LogP contribution in [-0.4, -0.2) is 25.4 Å². The van der Waals surface area contributed by atoms with Crippen molar-refractivity contribution in [2.24, 2.45) is 0 Å². The van der Waals surface area contributed by atoms with E-state index in [-0.39, 0.29) is 30.3 Å². The molecule has 0 heterocycles. The summed E-state index contributed by atoms with van der Waals surface area (Å²) < 4.78 is 40.5. The Morgan fingerprint density at radius 3 is 2.70 bits per heavy atom. The van der Waals surface area contributed by atoms with Crippen molar-refractivity contribution >= 4 is 5.91 Å². The van der Waals surface area contributed by atoms with E-state index in [9.17, 15) is 18.0 Å². The normalized spacial score (nSPS) is 10.9. The monoisotopic (exact) mass is 288 g/mol. The van der Waals surface area contributed by atoms with Crippen molar-refractivity contribution in [2.75, 3.05) is 13.1 Å². The van der Waals surface area contributed by atoms with Crippen LogP contribution < -0.4 is 15.4 Å². The van der Waals surface area contributed by atoms with Gasteiger partial charge in [0.1, 0.15) is 5.75 Å². The first-order valence-electron chi connectivity index (χ1n) is 5.84. The molecule has 4 nitrogen and oxygen atoms in total. The molecule has 1 aromatic rings. The van der Waals surface area contributed by atoms with Crippen LogP contribution >= 0.6 is 0 Å². The van der Waals surface area contributed by atoms with Crippen molar-refractivity contribution in [3.63, 3.8) is 0 Å². The Balaban J connectivity index is 2.55. The molecule has 0 aliphatic carbocycles. The van der Waals surface area contributed by atoms with Gasteiger partial charge in [-0.3, -0.25) is 4.79 Å². The predicted molar refractivity (Wildman–Crippen MR) is 68.0 cm³/mol. The molecule has 20 heavy (non-hydrogen) atoms. The third kappa shape index (κ3) is 6.24. The van der Waals surface area contributed by atoms with E-state index in [1.54, 1.807) is 12.1 Å².